The lowest BCUT2D eigenvalue weighted by Crippen LogP contribution is -1.82. The molecule has 1 heterocycles. The molecule has 0 radical (unpaired) electrons. The predicted molar refractivity (Wildman–Crippen MR) is 90.4 cm³/mol. The normalized spacial score (nSPS) is 11.0. The van der Waals surface area contributed by atoms with Gasteiger partial charge >= 0.3 is 0 Å². The number of furan rings is 1. The van der Waals surface area contributed by atoms with Gasteiger partial charge in [-0.05, 0) is 36.4 Å². The second kappa shape index (κ2) is 5.21. The molecule has 1 aromatic heterocycles. The lowest BCUT2D eigenvalue weighted by Gasteiger charge is -2.06. The van der Waals surface area contributed by atoms with Crippen LogP contribution in [0.15, 0.2) is 77.2 Å². The van der Waals surface area contributed by atoms with E-state index in [1.807, 2.05) is 36.4 Å². The summed E-state index contributed by atoms with van der Waals surface area (Å²) in [6.45, 7) is 0. The van der Waals surface area contributed by atoms with Crippen LogP contribution >= 0.6 is 0 Å². The van der Waals surface area contributed by atoms with E-state index < -0.39 is 0 Å². The maximum Gasteiger partial charge on any atom is 0.143 e. The number of fused-ring (bicyclic) bond motifs is 1. The van der Waals surface area contributed by atoms with Gasteiger partial charge in [0, 0.05) is 22.1 Å². The second-order valence-corrected chi connectivity index (χ2v) is 5.37. The van der Waals surface area contributed by atoms with Crippen molar-refractivity contribution in [2.24, 2.45) is 0 Å². The largest absolute Gasteiger partial charge is 0.508 e. The summed E-state index contributed by atoms with van der Waals surface area (Å²) in [6.07, 6.45) is 0. The highest BCUT2D eigenvalue weighted by Gasteiger charge is 2.19. The fourth-order valence-electron chi connectivity index (χ4n) is 2.81. The van der Waals surface area contributed by atoms with Crippen LogP contribution in [0.25, 0.3) is 33.4 Å². The zero-order valence-corrected chi connectivity index (χ0v) is 12.2. The number of hydrogen-bond acceptors (Lipinski definition) is 3. The molecule has 0 aliphatic carbocycles. The molecule has 3 nitrogen and oxygen atoms in total. The third kappa shape index (κ3) is 2.23. The topological polar surface area (TPSA) is 53.6 Å². The number of phenols is 2. The molecule has 0 saturated carbocycles. The van der Waals surface area contributed by atoms with E-state index in [2.05, 4.69) is 0 Å². The molecule has 112 valence electrons. The molecule has 0 spiro atoms. The fraction of sp³-hybridized carbons (Fsp3) is 0. The van der Waals surface area contributed by atoms with Crippen molar-refractivity contribution in [3.8, 4) is 33.9 Å². The first-order valence-corrected chi connectivity index (χ1v) is 7.33. The van der Waals surface area contributed by atoms with Gasteiger partial charge in [0.2, 0.25) is 0 Å². The summed E-state index contributed by atoms with van der Waals surface area (Å²) < 4.78 is 6.04. The third-order valence-electron chi connectivity index (χ3n) is 3.90. The molecule has 0 atom stereocenters. The summed E-state index contributed by atoms with van der Waals surface area (Å²) in [5.41, 5.74) is 3.18. The van der Waals surface area contributed by atoms with Gasteiger partial charge in [-0.3, -0.25) is 0 Å². The molecule has 2 N–H and O–H groups in total. The molecule has 0 aliphatic heterocycles. The van der Waals surface area contributed by atoms with Crippen LogP contribution in [0.4, 0.5) is 0 Å². The van der Waals surface area contributed by atoms with Crippen molar-refractivity contribution < 1.29 is 14.6 Å². The summed E-state index contributed by atoms with van der Waals surface area (Å²) >= 11 is 0. The van der Waals surface area contributed by atoms with E-state index >= 15 is 0 Å². The van der Waals surface area contributed by atoms with E-state index in [1.54, 1.807) is 36.4 Å². The Labute approximate surface area is 133 Å². The fourth-order valence-corrected chi connectivity index (χ4v) is 2.81. The number of rotatable bonds is 2. The minimum absolute atomic E-state index is 0.203. The summed E-state index contributed by atoms with van der Waals surface area (Å²) in [5, 5.41) is 20.7. The van der Waals surface area contributed by atoms with Crippen molar-refractivity contribution in [1.29, 1.82) is 0 Å². The predicted octanol–water partition coefficient (Wildman–Crippen LogP) is 5.18. The monoisotopic (exact) mass is 302 g/mol. The molecule has 4 aromatic rings. The van der Waals surface area contributed by atoms with Crippen LogP contribution < -0.4 is 0 Å². The van der Waals surface area contributed by atoms with Crippen LogP contribution in [-0.2, 0) is 0 Å². The summed E-state index contributed by atoms with van der Waals surface area (Å²) in [4.78, 5) is 0. The van der Waals surface area contributed by atoms with Crippen LogP contribution in [-0.4, -0.2) is 10.2 Å². The van der Waals surface area contributed by atoms with E-state index in [0.29, 0.717) is 5.76 Å². The molecule has 0 amide bonds. The van der Waals surface area contributed by atoms with Crippen molar-refractivity contribution in [2.45, 2.75) is 0 Å². The number of aromatic hydroxyl groups is 2. The number of phenolic OH excluding ortho intramolecular Hbond substituents is 2. The maximum absolute atomic E-state index is 10.3. The molecule has 4 rings (SSSR count). The quantitative estimate of drug-likeness (QED) is 0.536. The highest BCUT2D eigenvalue weighted by molar-refractivity contribution is 6.02. The Morgan fingerprint density at radius 2 is 1.39 bits per heavy atom. The van der Waals surface area contributed by atoms with Crippen molar-refractivity contribution in [3.05, 3.63) is 72.8 Å². The van der Waals surface area contributed by atoms with Gasteiger partial charge in [0.25, 0.3) is 0 Å². The summed E-state index contributed by atoms with van der Waals surface area (Å²) in [6, 6.07) is 21.8. The Balaban J connectivity index is 2.06. The maximum atomic E-state index is 10.3. The summed E-state index contributed by atoms with van der Waals surface area (Å²) in [7, 11) is 0. The molecule has 0 saturated heterocycles. The van der Waals surface area contributed by atoms with E-state index in [-0.39, 0.29) is 11.5 Å². The Bertz CT molecular complexity index is 981. The van der Waals surface area contributed by atoms with Gasteiger partial charge in [0.15, 0.2) is 0 Å². The van der Waals surface area contributed by atoms with Gasteiger partial charge in [-0.1, -0.05) is 36.4 Å². The smallest absolute Gasteiger partial charge is 0.143 e. The molecule has 23 heavy (non-hydrogen) atoms. The van der Waals surface area contributed by atoms with Crippen LogP contribution in [0.3, 0.4) is 0 Å². The number of hydrogen-bond donors (Lipinski definition) is 2. The Kier molecular flexibility index (Phi) is 3.05. The number of para-hydroxylation sites is 2. The first-order valence-electron chi connectivity index (χ1n) is 7.33. The van der Waals surface area contributed by atoms with Crippen LogP contribution in [0.1, 0.15) is 0 Å². The van der Waals surface area contributed by atoms with Gasteiger partial charge in [-0.25, -0.2) is 0 Å². The Morgan fingerprint density at radius 3 is 2.17 bits per heavy atom. The zero-order chi connectivity index (χ0) is 15.8. The van der Waals surface area contributed by atoms with Crippen molar-refractivity contribution in [1.82, 2.24) is 0 Å². The highest BCUT2D eigenvalue weighted by Crippen LogP contribution is 2.43. The molecular weight excluding hydrogens is 288 g/mol. The van der Waals surface area contributed by atoms with E-state index in [4.69, 9.17) is 4.42 Å². The molecule has 3 aromatic carbocycles. The Morgan fingerprint density at radius 1 is 0.696 bits per heavy atom. The first kappa shape index (κ1) is 13.5. The van der Waals surface area contributed by atoms with Gasteiger partial charge in [-0.15, -0.1) is 0 Å². The minimum Gasteiger partial charge on any atom is -0.508 e. The van der Waals surface area contributed by atoms with Crippen molar-refractivity contribution in [2.75, 3.05) is 0 Å². The van der Waals surface area contributed by atoms with Crippen LogP contribution in [0.5, 0.6) is 11.5 Å². The SMILES string of the molecule is Oc1ccc(-c2oc3ccccc3c2-c2ccccc2O)cc1. The lowest BCUT2D eigenvalue weighted by atomic mass is 9.98. The second-order valence-electron chi connectivity index (χ2n) is 5.37. The van der Waals surface area contributed by atoms with Crippen LogP contribution in [0.2, 0.25) is 0 Å². The third-order valence-corrected chi connectivity index (χ3v) is 3.90. The molecule has 0 unspecified atom stereocenters. The molecule has 0 bridgehead atoms. The van der Waals surface area contributed by atoms with Crippen LogP contribution in [0, 0.1) is 0 Å². The summed E-state index contributed by atoms with van der Waals surface area (Å²) in [5.74, 6) is 1.08. The average Bonchev–Trinajstić information content (AvgIpc) is 2.95. The van der Waals surface area contributed by atoms with E-state index in [9.17, 15) is 10.2 Å². The highest BCUT2D eigenvalue weighted by atomic mass is 16.3. The van der Waals surface area contributed by atoms with E-state index in [1.165, 1.54) is 0 Å². The Hall–Kier alpha value is -3.20. The van der Waals surface area contributed by atoms with Gasteiger partial charge in [-0.2, -0.15) is 0 Å². The van der Waals surface area contributed by atoms with Gasteiger partial charge in [0.05, 0.1) is 0 Å². The first-order chi connectivity index (χ1) is 11.2. The number of benzene rings is 3. The molecule has 3 heteroatoms. The lowest BCUT2D eigenvalue weighted by molar-refractivity contribution is 0.475. The van der Waals surface area contributed by atoms with Crippen molar-refractivity contribution >= 4 is 11.0 Å². The molecular formula is C20H14O3. The van der Waals surface area contributed by atoms with Gasteiger partial charge in [0.1, 0.15) is 22.8 Å². The minimum atomic E-state index is 0.203. The van der Waals surface area contributed by atoms with Crippen molar-refractivity contribution in [3.63, 3.8) is 0 Å². The standard InChI is InChI=1S/C20H14O3/c21-14-11-9-13(10-12-14)20-19(15-5-1-3-7-17(15)22)16-6-2-4-8-18(16)23-20/h1-12,21-22H. The van der Waals surface area contributed by atoms with E-state index in [0.717, 1.165) is 27.7 Å². The molecule has 0 aliphatic rings. The average molecular weight is 302 g/mol. The van der Waals surface area contributed by atoms with Gasteiger partial charge < -0.3 is 14.6 Å². The zero-order valence-electron chi connectivity index (χ0n) is 12.2. The molecule has 0 fully saturated rings.